The first-order valence-electron chi connectivity index (χ1n) is 4.20. The molecule has 1 fully saturated rings. The second-order valence-electron chi connectivity index (χ2n) is 2.98. The van der Waals surface area contributed by atoms with E-state index in [1.165, 1.54) is 17.0 Å². The zero-order chi connectivity index (χ0) is 9.97. The van der Waals surface area contributed by atoms with Crippen molar-refractivity contribution in [3.05, 3.63) is 28.9 Å². The van der Waals surface area contributed by atoms with Crippen LogP contribution in [-0.2, 0) is 11.3 Å². The van der Waals surface area contributed by atoms with Crippen LogP contribution in [-0.4, -0.2) is 28.3 Å². The minimum atomic E-state index is -0.433. The van der Waals surface area contributed by atoms with E-state index in [1.54, 1.807) is 6.20 Å². The van der Waals surface area contributed by atoms with Crippen molar-refractivity contribution < 1.29 is 9.53 Å². The molecular formula is C8H9N3O3. The van der Waals surface area contributed by atoms with Crippen LogP contribution in [0.3, 0.4) is 0 Å². The van der Waals surface area contributed by atoms with E-state index in [9.17, 15) is 9.59 Å². The Kier molecular flexibility index (Phi) is 2.18. The molecule has 0 radical (unpaired) electrons. The predicted octanol–water partition coefficient (Wildman–Crippen LogP) is -0.648. The summed E-state index contributed by atoms with van der Waals surface area (Å²) in [6.45, 7) is 0.799. The number of rotatable bonds is 2. The molecule has 1 aromatic heterocycles. The molecule has 1 aliphatic rings. The Morgan fingerprint density at radius 2 is 2.50 bits per heavy atom. The maximum Gasteiger partial charge on any atom is 0.407 e. The van der Waals surface area contributed by atoms with Gasteiger partial charge >= 0.3 is 6.09 Å². The van der Waals surface area contributed by atoms with Crippen LogP contribution in [0, 0.1) is 0 Å². The fourth-order valence-electron chi connectivity index (χ4n) is 1.28. The summed E-state index contributed by atoms with van der Waals surface area (Å²) in [5, 5.41) is 2.52. The van der Waals surface area contributed by atoms with Crippen molar-refractivity contribution >= 4 is 6.09 Å². The molecule has 0 bridgehead atoms. The smallest absolute Gasteiger partial charge is 0.407 e. The van der Waals surface area contributed by atoms with Crippen LogP contribution in [0.2, 0.25) is 0 Å². The molecule has 1 aromatic rings. The highest BCUT2D eigenvalue weighted by Gasteiger charge is 2.22. The van der Waals surface area contributed by atoms with E-state index in [0.717, 1.165) is 0 Å². The summed E-state index contributed by atoms with van der Waals surface area (Å²) in [5.74, 6) is 0. The van der Waals surface area contributed by atoms with E-state index >= 15 is 0 Å². The van der Waals surface area contributed by atoms with Gasteiger partial charge in [0.15, 0.2) is 0 Å². The third-order valence-electron chi connectivity index (χ3n) is 1.95. The molecule has 6 nitrogen and oxygen atoms in total. The number of cyclic esters (lactones) is 1. The van der Waals surface area contributed by atoms with Gasteiger partial charge in [0.2, 0.25) is 0 Å². The zero-order valence-electron chi connectivity index (χ0n) is 7.34. The molecule has 2 rings (SSSR count). The van der Waals surface area contributed by atoms with Gasteiger partial charge in [-0.3, -0.25) is 9.78 Å². The average Bonchev–Trinajstić information content (AvgIpc) is 2.56. The Balaban J connectivity index is 2.08. The lowest BCUT2D eigenvalue weighted by Crippen LogP contribution is -2.27. The summed E-state index contributed by atoms with van der Waals surface area (Å²) in [6, 6.07) is 0. The first-order valence-corrected chi connectivity index (χ1v) is 4.20. The Morgan fingerprint density at radius 3 is 3.14 bits per heavy atom. The van der Waals surface area contributed by atoms with Crippen molar-refractivity contribution in [1.29, 1.82) is 0 Å². The molecule has 0 aliphatic carbocycles. The van der Waals surface area contributed by atoms with E-state index in [0.29, 0.717) is 13.1 Å². The quantitative estimate of drug-likeness (QED) is 0.680. The lowest BCUT2D eigenvalue weighted by Gasteiger charge is -2.08. The number of hydrogen-bond acceptors (Lipinski definition) is 4. The van der Waals surface area contributed by atoms with Crippen LogP contribution in [0.25, 0.3) is 0 Å². The number of carbonyl (C=O) groups excluding carboxylic acids is 1. The predicted molar refractivity (Wildman–Crippen MR) is 46.8 cm³/mol. The Morgan fingerprint density at radius 1 is 1.64 bits per heavy atom. The van der Waals surface area contributed by atoms with E-state index in [4.69, 9.17) is 4.74 Å². The molecule has 0 aromatic carbocycles. The second-order valence-corrected chi connectivity index (χ2v) is 2.98. The first kappa shape index (κ1) is 8.74. The van der Waals surface area contributed by atoms with Gasteiger partial charge in [0.25, 0.3) is 5.56 Å². The van der Waals surface area contributed by atoms with E-state index < -0.39 is 6.09 Å². The molecule has 1 saturated heterocycles. The van der Waals surface area contributed by atoms with Crippen LogP contribution in [0.4, 0.5) is 4.79 Å². The number of aromatic nitrogens is 2. The molecule has 1 unspecified atom stereocenters. The molecule has 2 heterocycles. The van der Waals surface area contributed by atoms with Gasteiger partial charge in [-0.15, -0.1) is 0 Å². The normalized spacial score (nSPS) is 20.3. The molecule has 6 heteroatoms. The zero-order valence-corrected chi connectivity index (χ0v) is 7.34. The third-order valence-corrected chi connectivity index (χ3v) is 1.95. The number of nitrogens with zero attached hydrogens (tertiary/aromatic N) is 2. The summed E-state index contributed by atoms with van der Waals surface area (Å²) >= 11 is 0. The van der Waals surface area contributed by atoms with Crippen molar-refractivity contribution in [3.8, 4) is 0 Å². The number of carbonyl (C=O) groups is 1. The van der Waals surface area contributed by atoms with E-state index in [2.05, 4.69) is 10.3 Å². The molecule has 1 amide bonds. The molecular weight excluding hydrogens is 186 g/mol. The summed E-state index contributed by atoms with van der Waals surface area (Å²) < 4.78 is 6.35. The maximum atomic E-state index is 11.2. The molecule has 0 spiro atoms. The average molecular weight is 195 g/mol. The Hall–Kier alpha value is -1.85. The first-order chi connectivity index (χ1) is 6.75. The van der Waals surface area contributed by atoms with Gasteiger partial charge in [0, 0.05) is 12.4 Å². The van der Waals surface area contributed by atoms with Gasteiger partial charge in [-0.25, -0.2) is 4.79 Å². The fourth-order valence-corrected chi connectivity index (χ4v) is 1.28. The number of alkyl carbamates (subject to hydrolysis) is 1. The van der Waals surface area contributed by atoms with Gasteiger partial charge in [-0.2, -0.15) is 0 Å². The van der Waals surface area contributed by atoms with Crippen molar-refractivity contribution in [2.45, 2.75) is 12.6 Å². The molecule has 74 valence electrons. The van der Waals surface area contributed by atoms with Gasteiger partial charge in [-0.05, 0) is 0 Å². The van der Waals surface area contributed by atoms with Crippen molar-refractivity contribution in [1.82, 2.24) is 14.9 Å². The minimum absolute atomic E-state index is 0.199. The summed E-state index contributed by atoms with van der Waals surface area (Å²) in [5.41, 5.74) is -0.199. The van der Waals surface area contributed by atoms with Crippen LogP contribution in [0.1, 0.15) is 0 Å². The van der Waals surface area contributed by atoms with E-state index in [1.807, 2.05) is 0 Å². The standard InChI is InChI=1S/C8H9N3O3/c12-7-4-9-1-2-11(7)5-6-3-10-8(13)14-6/h1-2,4,6H,3,5H2,(H,10,13). The van der Waals surface area contributed by atoms with Crippen LogP contribution < -0.4 is 10.9 Å². The summed E-state index contributed by atoms with van der Waals surface area (Å²) in [4.78, 5) is 25.6. The summed E-state index contributed by atoms with van der Waals surface area (Å²) in [6.07, 6.45) is 3.60. The van der Waals surface area contributed by atoms with Crippen LogP contribution in [0.15, 0.2) is 23.4 Å². The van der Waals surface area contributed by atoms with Crippen molar-refractivity contribution in [2.24, 2.45) is 0 Å². The Labute approximate surface area is 79.5 Å². The lowest BCUT2D eigenvalue weighted by atomic mass is 10.3. The number of amides is 1. The van der Waals surface area contributed by atoms with E-state index in [-0.39, 0.29) is 11.7 Å². The summed E-state index contributed by atoms with van der Waals surface area (Å²) in [7, 11) is 0. The molecule has 1 atom stereocenters. The highest BCUT2D eigenvalue weighted by molar-refractivity contribution is 5.69. The molecule has 1 N–H and O–H groups in total. The van der Waals surface area contributed by atoms with Gasteiger partial charge in [-0.1, -0.05) is 0 Å². The highest BCUT2D eigenvalue weighted by Crippen LogP contribution is 2.01. The number of ether oxygens (including phenoxy) is 1. The largest absolute Gasteiger partial charge is 0.442 e. The number of nitrogens with one attached hydrogen (secondary N) is 1. The van der Waals surface area contributed by atoms with Gasteiger partial charge in [0.1, 0.15) is 6.10 Å². The van der Waals surface area contributed by atoms with Crippen LogP contribution >= 0.6 is 0 Å². The Bertz CT molecular complexity index is 401. The fraction of sp³-hybridized carbons (Fsp3) is 0.375. The lowest BCUT2D eigenvalue weighted by molar-refractivity contribution is 0.130. The van der Waals surface area contributed by atoms with Gasteiger partial charge in [0.05, 0.1) is 19.3 Å². The topological polar surface area (TPSA) is 73.2 Å². The molecule has 14 heavy (non-hydrogen) atoms. The minimum Gasteiger partial charge on any atom is -0.442 e. The van der Waals surface area contributed by atoms with Crippen molar-refractivity contribution in [3.63, 3.8) is 0 Å². The maximum absolute atomic E-state index is 11.2. The highest BCUT2D eigenvalue weighted by atomic mass is 16.6. The second kappa shape index (κ2) is 3.49. The molecule has 1 aliphatic heterocycles. The number of hydrogen-bond donors (Lipinski definition) is 1. The molecule has 0 saturated carbocycles. The monoisotopic (exact) mass is 195 g/mol. The SMILES string of the molecule is O=C1NCC(Cn2ccncc2=O)O1. The van der Waals surface area contributed by atoms with Gasteiger partial charge < -0.3 is 14.6 Å². The van der Waals surface area contributed by atoms with Crippen LogP contribution in [0.5, 0.6) is 0 Å². The van der Waals surface area contributed by atoms with Crippen molar-refractivity contribution in [2.75, 3.05) is 6.54 Å². The third kappa shape index (κ3) is 1.73.